The van der Waals surface area contributed by atoms with Crippen molar-refractivity contribution in [1.82, 2.24) is 0 Å². The lowest BCUT2D eigenvalue weighted by atomic mass is 10.1. The summed E-state index contributed by atoms with van der Waals surface area (Å²) in [6, 6.07) is 19.8. The monoisotopic (exact) mass is 402 g/mol. The van der Waals surface area contributed by atoms with Crippen LogP contribution in [0.3, 0.4) is 0 Å². The van der Waals surface area contributed by atoms with Crippen molar-refractivity contribution in [3.05, 3.63) is 89.0 Å². The van der Waals surface area contributed by atoms with E-state index in [0.717, 1.165) is 17.5 Å². The number of hydrogen-bond acceptors (Lipinski definition) is 3. The second-order valence-corrected chi connectivity index (χ2v) is 7.10. The van der Waals surface area contributed by atoms with Crippen LogP contribution in [0.4, 0.5) is 11.4 Å². The van der Waals surface area contributed by atoms with Crippen LogP contribution in [0.5, 0.6) is 5.75 Å². The SMILES string of the molecule is CCCOc1ccccc1C(=O)Nc1ccccc1C(=O)Nc1ccc(C)c(C)c1. The summed E-state index contributed by atoms with van der Waals surface area (Å²) in [5.74, 6) is -0.0910. The van der Waals surface area contributed by atoms with Gasteiger partial charge < -0.3 is 15.4 Å². The van der Waals surface area contributed by atoms with Gasteiger partial charge in [0.05, 0.1) is 23.4 Å². The number of amides is 2. The number of ether oxygens (including phenoxy) is 1. The molecule has 0 bridgehead atoms. The molecule has 0 spiro atoms. The molecule has 0 unspecified atom stereocenters. The number of anilines is 2. The van der Waals surface area contributed by atoms with Crippen LogP contribution in [0.15, 0.2) is 66.7 Å². The second-order valence-electron chi connectivity index (χ2n) is 7.10. The maximum absolute atomic E-state index is 12.9. The third kappa shape index (κ3) is 5.06. The third-order valence-corrected chi connectivity index (χ3v) is 4.78. The maximum Gasteiger partial charge on any atom is 0.259 e. The summed E-state index contributed by atoms with van der Waals surface area (Å²) >= 11 is 0. The largest absolute Gasteiger partial charge is 0.493 e. The van der Waals surface area contributed by atoms with Gasteiger partial charge in [-0.15, -0.1) is 0 Å². The van der Waals surface area contributed by atoms with Crippen LogP contribution in [-0.4, -0.2) is 18.4 Å². The topological polar surface area (TPSA) is 67.4 Å². The van der Waals surface area contributed by atoms with Crippen LogP contribution in [0.25, 0.3) is 0 Å². The van der Waals surface area contributed by atoms with Crippen LogP contribution >= 0.6 is 0 Å². The molecule has 5 nitrogen and oxygen atoms in total. The van der Waals surface area contributed by atoms with Crippen molar-refractivity contribution >= 4 is 23.2 Å². The molecular weight excluding hydrogens is 376 g/mol. The zero-order valence-electron chi connectivity index (χ0n) is 17.5. The molecular formula is C25H26N2O3. The van der Waals surface area contributed by atoms with Crippen LogP contribution in [0.2, 0.25) is 0 Å². The Balaban J connectivity index is 1.81. The quantitative estimate of drug-likeness (QED) is 0.541. The Kier molecular flexibility index (Phi) is 6.86. The van der Waals surface area contributed by atoms with E-state index < -0.39 is 0 Å². The maximum atomic E-state index is 12.9. The minimum Gasteiger partial charge on any atom is -0.493 e. The highest BCUT2D eigenvalue weighted by Crippen LogP contribution is 2.23. The molecule has 3 aromatic carbocycles. The van der Waals surface area contributed by atoms with Crippen molar-refractivity contribution in [3.63, 3.8) is 0 Å². The summed E-state index contributed by atoms with van der Waals surface area (Å²) in [4.78, 5) is 25.8. The van der Waals surface area contributed by atoms with Crippen molar-refractivity contribution < 1.29 is 14.3 Å². The zero-order valence-corrected chi connectivity index (χ0v) is 17.5. The van der Waals surface area contributed by atoms with E-state index in [1.165, 1.54) is 0 Å². The van der Waals surface area contributed by atoms with Gasteiger partial charge in [0.25, 0.3) is 11.8 Å². The Morgan fingerprint density at radius 3 is 2.20 bits per heavy atom. The lowest BCUT2D eigenvalue weighted by Gasteiger charge is -2.14. The molecule has 5 heteroatoms. The van der Waals surface area contributed by atoms with Gasteiger partial charge in [0.2, 0.25) is 0 Å². The number of para-hydroxylation sites is 2. The number of nitrogens with one attached hydrogen (secondary N) is 2. The highest BCUT2D eigenvalue weighted by atomic mass is 16.5. The first-order chi connectivity index (χ1) is 14.5. The zero-order chi connectivity index (χ0) is 21.5. The molecule has 0 heterocycles. The van der Waals surface area contributed by atoms with Crippen LogP contribution in [0, 0.1) is 13.8 Å². The fourth-order valence-corrected chi connectivity index (χ4v) is 2.99. The van der Waals surface area contributed by atoms with Crippen LogP contribution < -0.4 is 15.4 Å². The number of carbonyl (C=O) groups is 2. The molecule has 0 atom stereocenters. The first-order valence-electron chi connectivity index (χ1n) is 10.0. The highest BCUT2D eigenvalue weighted by Gasteiger charge is 2.17. The number of hydrogen-bond donors (Lipinski definition) is 2. The van der Waals surface area contributed by atoms with E-state index in [2.05, 4.69) is 10.6 Å². The van der Waals surface area contributed by atoms with Gasteiger partial charge in [0.1, 0.15) is 5.75 Å². The lowest BCUT2D eigenvalue weighted by Crippen LogP contribution is -2.19. The molecule has 0 fully saturated rings. The number of rotatable bonds is 7. The van der Waals surface area contributed by atoms with E-state index >= 15 is 0 Å². The Bertz CT molecular complexity index is 1060. The van der Waals surface area contributed by atoms with Crippen molar-refractivity contribution in [3.8, 4) is 5.75 Å². The van der Waals surface area contributed by atoms with Crippen molar-refractivity contribution in [1.29, 1.82) is 0 Å². The molecule has 0 radical (unpaired) electrons. The first kappa shape index (κ1) is 21.1. The van der Waals surface area contributed by atoms with Gasteiger partial charge in [-0.2, -0.15) is 0 Å². The molecule has 2 amide bonds. The van der Waals surface area contributed by atoms with Gasteiger partial charge >= 0.3 is 0 Å². The molecule has 0 saturated heterocycles. The lowest BCUT2D eigenvalue weighted by molar-refractivity contribution is 0.102. The van der Waals surface area contributed by atoms with Gasteiger partial charge in [0, 0.05) is 5.69 Å². The molecule has 3 aromatic rings. The smallest absolute Gasteiger partial charge is 0.259 e. The Labute approximate surface area is 177 Å². The summed E-state index contributed by atoms with van der Waals surface area (Å²) < 4.78 is 5.68. The van der Waals surface area contributed by atoms with Crippen molar-refractivity contribution in [2.45, 2.75) is 27.2 Å². The van der Waals surface area contributed by atoms with Crippen LogP contribution in [-0.2, 0) is 0 Å². The van der Waals surface area contributed by atoms with E-state index in [-0.39, 0.29) is 11.8 Å². The van der Waals surface area contributed by atoms with E-state index in [9.17, 15) is 9.59 Å². The average Bonchev–Trinajstić information content (AvgIpc) is 2.75. The molecule has 0 aliphatic heterocycles. The highest BCUT2D eigenvalue weighted by molar-refractivity contribution is 6.13. The first-order valence-corrected chi connectivity index (χ1v) is 10.0. The Hall–Kier alpha value is -3.60. The van der Waals surface area contributed by atoms with Gasteiger partial charge in [-0.3, -0.25) is 9.59 Å². The molecule has 0 aliphatic carbocycles. The van der Waals surface area contributed by atoms with Crippen molar-refractivity contribution in [2.75, 3.05) is 17.2 Å². The molecule has 3 rings (SSSR count). The molecule has 0 aromatic heterocycles. The van der Waals surface area contributed by atoms with Crippen LogP contribution in [0.1, 0.15) is 45.2 Å². The molecule has 0 aliphatic rings. The molecule has 0 saturated carbocycles. The van der Waals surface area contributed by atoms with Gasteiger partial charge in [-0.05, 0) is 67.8 Å². The summed E-state index contributed by atoms with van der Waals surface area (Å²) in [7, 11) is 0. The predicted molar refractivity (Wildman–Crippen MR) is 120 cm³/mol. The van der Waals surface area contributed by atoms with Crippen molar-refractivity contribution in [2.24, 2.45) is 0 Å². The summed E-state index contributed by atoms with van der Waals surface area (Å²) in [6.07, 6.45) is 0.845. The molecule has 154 valence electrons. The number of aryl methyl sites for hydroxylation is 2. The summed E-state index contributed by atoms with van der Waals surface area (Å²) in [6.45, 7) is 6.55. The molecule has 2 N–H and O–H groups in total. The Morgan fingerprint density at radius 2 is 1.47 bits per heavy atom. The summed E-state index contributed by atoms with van der Waals surface area (Å²) in [5, 5.41) is 5.76. The minimum absolute atomic E-state index is 0.287. The van der Waals surface area contributed by atoms with E-state index in [1.807, 2.05) is 45.0 Å². The van der Waals surface area contributed by atoms with Gasteiger partial charge in [-0.1, -0.05) is 37.3 Å². The van der Waals surface area contributed by atoms with E-state index in [0.29, 0.717) is 34.9 Å². The standard InChI is InChI=1S/C25H26N2O3/c1-4-15-30-23-12-8-6-10-21(23)25(29)27-22-11-7-5-9-20(22)24(28)26-19-14-13-17(2)18(3)16-19/h5-14,16H,4,15H2,1-3H3,(H,26,28)(H,27,29). The third-order valence-electron chi connectivity index (χ3n) is 4.78. The normalized spacial score (nSPS) is 10.4. The predicted octanol–water partition coefficient (Wildman–Crippen LogP) is 5.60. The number of benzene rings is 3. The Morgan fingerprint density at radius 1 is 0.800 bits per heavy atom. The summed E-state index contributed by atoms with van der Waals surface area (Å²) in [5.41, 5.74) is 4.21. The average molecular weight is 402 g/mol. The number of carbonyl (C=O) groups excluding carboxylic acids is 2. The van der Waals surface area contributed by atoms with E-state index in [4.69, 9.17) is 4.74 Å². The fraction of sp³-hybridized carbons (Fsp3) is 0.200. The molecule has 30 heavy (non-hydrogen) atoms. The van der Waals surface area contributed by atoms with E-state index in [1.54, 1.807) is 42.5 Å². The fourth-order valence-electron chi connectivity index (χ4n) is 2.99. The second kappa shape index (κ2) is 9.74. The van der Waals surface area contributed by atoms with Gasteiger partial charge in [-0.25, -0.2) is 0 Å². The van der Waals surface area contributed by atoms with Gasteiger partial charge in [0.15, 0.2) is 0 Å². The minimum atomic E-state index is -0.326.